The quantitative estimate of drug-likeness (QED) is 0.754. The minimum absolute atomic E-state index is 0.214. The fourth-order valence-electron chi connectivity index (χ4n) is 6.35. The molecule has 0 aliphatic carbocycles. The summed E-state index contributed by atoms with van der Waals surface area (Å²) in [6, 6.07) is 12.6. The van der Waals surface area contributed by atoms with Gasteiger partial charge in [0.25, 0.3) is 0 Å². The van der Waals surface area contributed by atoms with Crippen molar-refractivity contribution in [1.29, 1.82) is 0 Å². The van der Waals surface area contributed by atoms with Crippen molar-refractivity contribution in [3.05, 3.63) is 35.9 Å². The Labute approximate surface area is 177 Å². The van der Waals surface area contributed by atoms with E-state index in [1.54, 1.807) is 0 Å². The van der Waals surface area contributed by atoms with E-state index < -0.39 is 0 Å². The second-order valence-electron chi connectivity index (χ2n) is 9.83. The molecule has 3 aliphatic heterocycles. The number of piperidine rings is 3. The van der Waals surface area contributed by atoms with Gasteiger partial charge in [-0.1, -0.05) is 30.3 Å². The minimum atomic E-state index is 0.214. The molecule has 3 saturated heterocycles. The highest BCUT2D eigenvalue weighted by atomic mass is 16.1. The van der Waals surface area contributed by atoms with Crippen molar-refractivity contribution in [1.82, 2.24) is 15.1 Å². The molecule has 4 rings (SSSR count). The van der Waals surface area contributed by atoms with Crippen LogP contribution in [0, 0.1) is 11.8 Å². The second-order valence-corrected chi connectivity index (χ2v) is 9.83. The van der Waals surface area contributed by atoms with Crippen LogP contribution in [0.25, 0.3) is 0 Å². The van der Waals surface area contributed by atoms with E-state index >= 15 is 0 Å². The Bertz CT molecular complexity index is 659. The van der Waals surface area contributed by atoms with Crippen LogP contribution in [0.4, 0.5) is 0 Å². The van der Waals surface area contributed by atoms with Crippen molar-refractivity contribution >= 4 is 5.91 Å². The molecule has 3 heterocycles. The molecule has 0 saturated carbocycles. The van der Waals surface area contributed by atoms with E-state index in [0.29, 0.717) is 12.5 Å². The smallest absolute Gasteiger partial charge is 0.220 e. The van der Waals surface area contributed by atoms with Gasteiger partial charge in [-0.15, -0.1) is 0 Å². The lowest BCUT2D eigenvalue weighted by molar-refractivity contribution is -0.122. The Morgan fingerprint density at radius 1 is 1.14 bits per heavy atom. The molecular formula is C25H39N3O. The maximum Gasteiger partial charge on any atom is 0.220 e. The molecule has 3 fully saturated rings. The van der Waals surface area contributed by atoms with Gasteiger partial charge in [0.1, 0.15) is 0 Å². The summed E-state index contributed by atoms with van der Waals surface area (Å²) in [5.74, 6) is 1.82. The normalized spacial score (nSPS) is 30.2. The maximum atomic E-state index is 12.2. The predicted molar refractivity (Wildman–Crippen MR) is 119 cm³/mol. The van der Waals surface area contributed by atoms with Gasteiger partial charge >= 0.3 is 0 Å². The summed E-state index contributed by atoms with van der Waals surface area (Å²) < 4.78 is 0. The second kappa shape index (κ2) is 9.61. The van der Waals surface area contributed by atoms with Crippen LogP contribution in [0.1, 0.15) is 64.4 Å². The molecule has 1 N–H and O–H groups in total. The van der Waals surface area contributed by atoms with Gasteiger partial charge in [-0.05, 0) is 82.9 Å². The molecule has 0 aromatic heterocycles. The van der Waals surface area contributed by atoms with Crippen LogP contribution in [0.5, 0.6) is 0 Å². The zero-order valence-corrected chi connectivity index (χ0v) is 18.4. The van der Waals surface area contributed by atoms with E-state index in [2.05, 4.69) is 45.4 Å². The third-order valence-electron chi connectivity index (χ3n) is 7.36. The first-order chi connectivity index (χ1) is 14.1. The Morgan fingerprint density at radius 3 is 2.66 bits per heavy atom. The molecule has 29 heavy (non-hydrogen) atoms. The highest BCUT2D eigenvalue weighted by Gasteiger charge is 2.48. The highest BCUT2D eigenvalue weighted by molar-refractivity contribution is 5.76. The van der Waals surface area contributed by atoms with E-state index in [4.69, 9.17) is 0 Å². The van der Waals surface area contributed by atoms with Gasteiger partial charge < -0.3 is 5.32 Å². The van der Waals surface area contributed by atoms with Gasteiger partial charge in [-0.3, -0.25) is 14.6 Å². The lowest BCUT2D eigenvalue weighted by Gasteiger charge is -2.57. The van der Waals surface area contributed by atoms with E-state index in [9.17, 15) is 4.79 Å². The molecule has 1 aromatic carbocycles. The molecule has 160 valence electrons. The number of hydrogen-bond acceptors (Lipinski definition) is 3. The van der Waals surface area contributed by atoms with Crippen molar-refractivity contribution in [2.45, 2.75) is 83.5 Å². The molecule has 0 radical (unpaired) electrons. The molecule has 4 atom stereocenters. The average Bonchev–Trinajstić information content (AvgIpc) is 2.70. The molecular weight excluding hydrogens is 358 g/mol. The van der Waals surface area contributed by atoms with Crippen molar-refractivity contribution < 1.29 is 4.79 Å². The van der Waals surface area contributed by atoms with Crippen LogP contribution < -0.4 is 5.32 Å². The molecule has 4 heteroatoms. The molecule has 0 spiro atoms. The fraction of sp³-hybridized carbons (Fsp3) is 0.720. The van der Waals surface area contributed by atoms with Gasteiger partial charge in [0.05, 0.1) is 0 Å². The van der Waals surface area contributed by atoms with Gasteiger partial charge in [-0.25, -0.2) is 0 Å². The number of benzene rings is 1. The molecule has 1 amide bonds. The first-order valence-electron chi connectivity index (χ1n) is 11.9. The van der Waals surface area contributed by atoms with Gasteiger partial charge in [0.2, 0.25) is 5.91 Å². The van der Waals surface area contributed by atoms with Gasteiger partial charge in [-0.2, -0.15) is 0 Å². The SMILES string of the molecule is CC(C)NC(=O)CCCC1[C@H]2CCCN3CCC[C@@H](CN1Cc1ccccc1)[C@@H]23. The lowest BCUT2D eigenvalue weighted by Crippen LogP contribution is -2.64. The maximum absolute atomic E-state index is 12.2. The molecule has 1 aromatic rings. The van der Waals surface area contributed by atoms with Gasteiger partial charge in [0.15, 0.2) is 0 Å². The van der Waals surface area contributed by atoms with E-state index in [1.807, 2.05) is 13.8 Å². The molecule has 3 aliphatic rings. The lowest BCUT2D eigenvalue weighted by atomic mass is 9.69. The summed E-state index contributed by atoms with van der Waals surface area (Å²) in [5.41, 5.74) is 1.43. The minimum Gasteiger partial charge on any atom is -0.354 e. The summed E-state index contributed by atoms with van der Waals surface area (Å²) in [4.78, 5) is 17.8. The van der Waals surface area contributed by atoms with Crippen molar-refractivity contribution in [2.24, 2.45) is 11.8 Å². The number of carbonyl (C=O) groups is 1. The zero-order valence-electron chi connectivity index (χ0n) is 18.4. The first kappa shape index (κ1) is 20.9. The highest BCUT2D eigenvalue weighted by Crippen LogP contribution is 2.43. The van der Waals surface area contributed by atoms with E-state index in [0.717, 1.165) is 37.3 Å². The third kappa shape index (κ3) is 5.03. The fourth-order valence-corrected chi connectivity index (χ4v) is 6.35. The van der Waals surface area contributed by atoms with Gasteiger partial charge in [0, 0.05) is 37.6 Å². The van der Waals surface area contributed by atoms with Crippen LogP contribution in [0.3, 0.4) is 0 Å². The largest absolute Gasteiger partial charge is 0.354 e. The van der Waals surface area contributed by atoms with Crippen LogP contribution in [0.2, 0.25) is 0 Å². The molecule has 4 nitrogen and oxygen atoms in total. The summed E-state index contributed by atoms with van der Waals surface area (Å²) in [5, 5.41) is 3.06. The Hall–Kier alpha value is -1.39. The molecule has 1 unspecified atom stereocenters. The predicted octanol–water partition coefficient (Wildman–Crippen LogP) is 4.06. The van der Waals surface area contributed by atoms with Crippen LogP contribution >= 0.6 is 0 Å². The Morgan fingerprint density at radius 2 is 1.90 bits per heavy atom. The van der Waals surface area contributed by atoms with Crippen LogP contribution in [-0.4, -0.2) is 53.5 Å². The monoisotopic (exact) mass is 397 g/mol. The van der Waals surface area contributed by atoms with Crippen molar-refractivity contribution in [3.8, 4) is 0 Å². The van der Waals surface area contributed by atoms with Crippen molar-refractivity contribution in [3.63, 3.8) is 0 Å². The Kier molecular flexibility index (Phi) is 6.92. The summed E-state index contributed by atoms with van der Waals surface area (Å²) in [7, 11) is 0. The van der Waals surface area contributed by atoms with E-state index in [1.165, 1.54) is 50.9 Å². The summed E-state index contributed by atoms with van der Waals surface area (Å²) >= 11 is 0. The number of rotatable bonds is 7. The molecule has 0 bridgehead atoms. The summed E-state index contributed by atoms with van der Waals surface area (Å²) in [6.07, 6.45) is 8.30. The standard InChI is InChI=1S/C25H39N3O/c1-19(2)26-24(29)14-6-13-23-22-12-8-16-27-15-7-11-21(25(22)27)18-28(23)17-20-9-4-3-5-10-20/h3-5,9-10,19,21-23,25H,6-8,11-18H2,1-2H3,(H,26,29)/t21-,22+,23?,25-/m0/s1. The zero-order chi connectivity index (χ0) is 20.2. The topological polar surface area (TPSA) is 35.6 Å². The van der Waals surface area contributed by atoms with Crippen LogP contribution in [-0.2, 0) is 11.3 Å². The third-order valence-corrected chi connectivity index (χ3v) is 7.36. The number of nitrogens with zero attached hydrogens (tertiary/aromatic N) is 2. The summed E-state index contributed by atoms with van der Waals surface area (Å²) in [6.45, 7) is 8.99. The number of nitrogens with one attached hydrogen (secondary N) is 1. The average molecular weight is 398 g/mol. The number of amides is 1. The van der Waals surface area contributed by atoms with Crippen molar-refractivity contribution in [2.75, 3.05) is 19.6 Å². The number of likely N-dealkylation sites (tertiary alicyclic amines) is 1. The Balaban J connectivity index is 1.47. The van der Waals surface area contributed by atoms with Crippen LogP contribution in [0.15, 0.2) is 30.3 Å². The number of hydrogen-bond donors (Lipinski definition) is 1. The van der Waals surface area contributed by atoms with E-state index in [-0.39, 0.29) is 11.9 Å². The number of carbonyl (C=O) groups excluding carboxylic acids is 1. The first-order valence-corrected chi connectivity index (χ1v) is 11.9.